The Bertz CT molecular complexity index is 901. The van der Waals surface area contributed by atoms with E-state index in [0.29, 0.717) is 29.6 Å². The van der Waals surface area contributed by atoms with E-state index in [1.54, 1.807) is 0 Å². The van der Waals surface area contributed by atoms with Gasteiger partial charge in [0.1, 0.15) is 0 Å². The van der Waals surface area contributed by atoms with Crippen molar-refractivity contribution in [2.24, 2.45) is 35.0 Å². The average Bonchev–Trinajstić information content (AvgIpc) is 2.98. The minimum absolute atomic E-state index is 0.119. The lowest BCUT2D eigenvalue weighted by molar-refractivity contribution is -0.114. The molecule has 33 heavy (non-hydrogen) atoms. The summed E-state index contributed by atoms with van der Waals surface area (Å²) in [6.07, 6.45) is 6.18. The Morgan fingerprint density at radius 1 is 1.03 bits per heavy atom. The maximum Gasteiger partial charge on any atom is 0.192 e. The van der Waals surface area contributed by atoms with E-state index in [4.69, 9.17) is 8.85 Å². The topological polar surface area (TPSA) is 35.5 Å². The molecule has 2 unspecified atom stereocenters. The minimum Gasteiger partial charge on any atom is -0.413 e. The van der Waals surface area contributed by atoms with Crippen molar-refractivity contribution in [2.45, 2.75) is 111 Å². The summed E-state index contributed by atoms with van der Waals surface area (Å²) in [6.45, 7) is 28.4. The molecule has 0 saturated heterocycles. The maximum absolute atomic E-state index is 12.8. The summed E-state index contributed by atoms with van der Waals surface area (Å²) in [4.78, 5) is 12.8. The van der Waals surface area contributed by atoms with Gasteiger partial charge in [0.15, 0.2) is 22.4 Å². The Labute approximate surface area is 205 Å². The van der Waals surface area contributed by atoms with Gasteiger partial charge in [-0.3, -0.25) is 4.79 Å². The van der Waals surface area contributed by atoms with Gasteiger partial charge in [-0.25, -0.2) is 0 Å². The normalized spacial score (nSPS) is 40.3. The molecule has 0 radical (unpaired) electrons. The molecule has 5 heteroatoms. The second-order valence-electron chi connectivity index (χ2n) is 14.7. The average molecular weight is 489 g/mol. The van der Waals surface area contributed by atoms with Gasteiger partial charge < -0.3 is 8.85 Å². The molecule has 0 aliphatic heterocycles. The third-order valence-corrected chi connectivity index (χ3v) is 15.3. The maximum atomic E-state index is 12.8. The molecular weight excluding hydrogens is 440 g/mol. The van der Waals surface area contributed by atoms with Crippen LogP contribution in [0, 0.1) is 35.0 Å². The number of carbonyl (C=O) groups is 1. The predicted molar refractivity (Wildman–Crippen MR) is 142 cm³/mol. The number of carbonyl (C=O) groups excluding carboxylic acids is 1. The lowest BCUT2D eigenvalue weighted by Crippen LogP contribution is -2.61. The highest BCUT2D eigenvalue weighted by Gasteiger charge is 2.73. The van der Waals surface area contributed by atoms with E-state index in [-0.39, 0.29) is 28.8 Å². The van der Waals surface area contributed by atoms with Crippen molar-refractivity contribution in [2.75, 3.05) is 0 Å². The Hall–Kier alpha value is -0.496. The fourth-order valence-electron chi connectivity index (χ4n) is 7.26. The van der Waals surface area contributed by atoms with Gasteiger partial charge >= 0.3 is 0 Å². The van der Waals surface area contributed by atoms with Crippen molar-refractivity contribution in [1.82, 2.24) is 0 Å². The first-order valence-corrected chi connectivity index (χ1v) is 19.5. The highest BCUT2D eigenvalue weighted by molar-refractivity contribution is 6.74. The zero-order chi connectivity index (χ0) is 24.9. The smallest absolute Gasteiger partial charge is 0.192 e. The molecule has 7 atom stereocenters. The molecule has 0 heterocycles. The quantitative estimate of drug-likeness (QED) is 0.387. The van der Waals surface area contributed by atoms with Crippen LogP contribution >= 0.6 is 0 Å². The molecule has 4 aliphatic rings. The summed E-state index contributed by atoms with van der Waals surface area (Å²) in [5, 5.41) is 0.151. The zero-order valence-corrected chi connectivity index (χ0v) is 25.3. The Balaban J connectivity index is 1.95. The summed E-state index contributed by atoms with van der Waals surface area (Å²) in [5.41, 5.74) is 2.31. The summed E-state index contributed by atoms with van der Waals surface area (Å²) in [7, 11) is -3.95. The van der Waals surface area contributed by atoms with Crippen molar-refractivity contribution in [3.8, 4) is 0 Å². The van der Waals surface area contributed by atoms with Gasteiger partial charge in [0.25, 0.3) is 0 Å². The Morgan fingerprint density at radius 2 is 1.64 bits per heavy atom. The SMILES string of the molecule is C[C@@H]1C=C2CC(=O)C=C2C2(O[Si](C)(C)C)[C@H](C)C[C@@H]3[C@H]([C@@H]2C1O[Si](C)(C)C(C)(C)C)C3(C)C. The molecule has 2 saturated carbocycles. The summed E-state index contributed by atoms with van der Waals surface area (Å²) in [6, 6.07) is 0. The first-order valence-electron chi connectivity index (χ1n) is 13.2. The van der Waals surface area contributed by atoms with E-state index in [1.165, 1.54) is 17.6 Å². The van der Waals surface area contributed by atoms with Crippen LogP contribution in [0.15, 0.2) is 23.3 Å². The van der Waals surface area contributed by atoms with Gasteiger partial charge in [-0.2, -0.15) is 0 Å². The van der Waals surface area contributed by atoms with E-state index in [9.17, 15) is 4.79 Å². The van der Waals surface area contributed by atoms with Gasteiger partial charge in [-0.15, -0.1) is 0 Å². The van der Waals surface area contributed by atoms with E-state index in [2.05, 4.69) is 87.3 Å². The van der Waals surface area contributed by atoms with Crippen molar-refractivity contribution < 1.29 is 13.6 Å². The number of allylic oxidation sites excluding steroid dienone is 1. The first kappa shape index (κ1) is 25.6. The molecular formula is C28H48O3Si2. The van der Waals surface area contributed by atoms with Crippen LogP contribution in [-0.2, 0) is 13.6 Å². The van der Waals surface area contributed by atoms with Crippen LogP contribution in [0.2, 0.25) is 37.8 Å². The third-order valence-electron chi connectivity index (χ3n) is 9.85. The summed E-state index contributed by atoms with van der Waals surface area (Å²) < 4.78 is 14.8. The monoisotopic (exact) mass is 488 g/mol. The number of ketones is 1. The molecule has 0 aromatic rings. The van der Waals surface area contributed by atoms with Crippen LogP contribution in [0.3, 0.4) is 0 Å². The lowest BCUT2D eigenvalue weighted by Gasteiger charge is -2.55. The minimum atomic E-state index is -2.01. The fourth-order valence-corrected chi connectivity index (χ4v) is 10.1. The fraction of sp³-hybridized carbons (Fsp3) is 0.821. The number of rotatable bonds is 4. The summed E-state index contributed by atoms with van der Waals surface area (Å²) in [5.74, 6) is 2.45. The molecule has 0 aromatic carbocycles. The molecule has 2 fully saturated rings. The van der Waals surface area contributed by atoms with E-state index >= 15 is 0 Å². The second kappa shape index (κ2) is 7.50. The molecule has 0 aromatic heterocycles. The van der Waals surface area contributed by atoms with E-state index in [0.717, 1.165) is 0 Å². The van der Waals surface area contributed by atoms with Gasteiger partial charge in [-0.1, -0.05) is 54.5 Å². The molecule has 186 valence electrons. The van der Waals surface area contributed by atoms with Gasteiger partial charge in [0.2, 0.25) is 0 Å². The molecule has 0 amide bonds. The van der Waals surface area contributed by atoms with Crippen molar-refractivity contribution >= 4 is 22.4 Å². The largest absolute Gasteiger partial charge is 0.413 e. The van der Waals surface area contributed by atoms with Crippen LogP contribution < -0.4 is 0 Å². The molecule has 3 nitrogen and oxygen atoms in total. The van der Waals surface area contributed by atoms with Crippen LogP contribution in [0.5, 0.6) is 0 Å². The zero-order valence-electron chi connectivity index (χ0n) is 23.3. The number of hydrogen-bond acceptors (Lipinski definition) is 3. The highest BCUT2D eigenvalue weighted by Crippen LogP contribution is 2.74. The number of hydrogen-bond donors (Lipinski definition) is 0. The molecule has 0 spiro atoms. The predicted octanol–water partition coefficient (Wildman–Crippen LogP) is 7.37. The standard InChI is InChI=1S/C28H48O3Si2/c1-17-13-19-15-20(29)16-21(19)28(31-32(8,9)10)18(2)14-22-23(27(22,6)7)24(28)25(17)30-33(11,12)26(3,4)5/h13,16-18,22-25H,14-15H2,1-12H3/t17-,18-,22-,23-,24-,25?,28?/m1/s1. The lowest BCUT2D eigenvalue weighted by atomic mass is 9.62. The highest BCUT2D eigenvalue weighted by atomic mass is 28.4. The molecule has 4 aliphatic carbocycles. The Morgan fingerprint density at radius 3 is 2.18 bits per heavy atom. The molecule has 4 rings (SSSR count). The molecule has 0 bridgehead atoms. The van der Waals surface area contributed by atoms with Gasteiger partial charge in [0, 0.05) is 12.3 Å². The van der Waals surface area contributed by atoms with Crippen LogP contribution in [-0.4, -0.2) is 34.1 Å². The van der Waals surface area contributed by atoms with Crippen molar-refractivity contribution in [1.29, 1.82) is 0 Å². The van der Waals surface area contributed by atoms with Gasteiger partial charge in [0.05, 0.1) is 11.7 Å². The van der Waals surface area contributed by atoms with Gasteiger partial charge in [-0.05, 0) is 90.5 Å². The first-order chi connectivity index (χ1) is 14.8. The van der Waals surface area contributed by atoms with Crippen LogP contribution in [0.25, 0.3) is 0 Å². The van der Waals surface area contributed by atoms with Crippen molar-refractivity contribution in [3.05, 3.63) is 23.3 Å². The van der Waals surface area contributed by atoms with Crippen molar-refractivity contribution in [3.63, 3.8) is 0 Å². The van der Waals surface area contributed by atoms with E-state index < -0.39 is 22.2 Å². The van der Waals surface area contributed by atoms with Crippen LogP contribution in [0.4, 0.5) is 0 Å². The molecule has 0 N–H and O–H groups in total. The summed E-state index contributed by atoms with van der Waals surface area (Å²) >= 11 is 0. The van der Waals surface area contributed by atoms with Crippen LogP contribution in [0.1, 0.15) is 61.3 Å². The number of fused-ring (bicyclic) bond motifs is 5. The van der Waals surface area contributed by atoms with E-state index in [1.807, 2.05) is 6.08 Å². The second-order valence-corrected chi connectivity index (χ2v) is 23.9. The third kappa shape index (κ3) is 3.93. The Kier molecular flexibility index (Phi) is 5.82.